The second-order valence-electron chi connectivity index (χ2n) is 4.98. The van der Waals surface area contributed by atoms with Gasteiger partial charge in [0.05, 0.1) is 0 Å². The highest BCUT2D eigenvalue weighted by molar-refractivity contribution is 5.43. The van der Waals surface area contributed by atoms with E-state index in [2.05, 4.69) is 62.1 Å². The molecule has 0 N–H and O–H groups in total. The van der Waals surface area contributed by atoms with Crippen molar-refractivity contribution in [2.24, 2.45) is 5.92 Å². The molecule has 0 aromatic heterocycles. The first-order chi connectivity index (χ1) is 8.27. The zero-order valence-electron chi connectivity index (χ0n) is 10.7. The van der Waals surface area contributed by atoms with Crippen molar-refractivity contribution in [3.05, 3.63) is 47.5 Å². The van der Waals surface area contributed by atoms with Crippen LogP contribution in [0, 0.1) is 17.8 Å². The van der Waals surface area contributed by atoms with Gasteiger partial charge in [-0.25, -0.2) is 0 Å². The van der Waals surface area contributed by atoms with E-state index >= 15 is 0 Å². The molecular formula is C17H20. The molecule has 0 heteroatoms. The molecule has 17 heavy (non-hydrogen) atoms. The lowest BCUT2D eigenvalue weighted by molar-refractivity contribution is 0.645. The number of hydrogen-bond donors (Lipinski definition) is 0. The fourth-order valence-corrected chi connectivity index (χ4v) is 2.22. The zero-order valence-corrected chi connectivity index (χ0v) is 10.7. The van der Waals surface area contributed by atoms with Crippen LogP contribution in [0.1, 0.15) is 50.2 Å². The minimum atomic E-state index is 0.462. The second kappa shape index (κ2) is 5.73. The maximum atomic E-state index is 3.40. The van der Waals surface area contributed by atoms with Crippen molar-refractivity contribution in [3.8, 4) is 11.8 Å². The van der Waals surface area contributed by atoms with Crippen LogP contribution in [0.4, 0.5) is 0 Å². The van der Waals surface area contributed by atoms with Gasteiger partial charge in [0.2, 0.25) is 0 Å². The van der Waals surface area contributed by atoms with Crippen molar-refractivity contribution in [3.63, 3.8) is 0 Å². The van der Waals surface area contributed by atoms with E-state index in [0.717, 1.165) is 0 Å². The first kappa shape index (κ1) is 12.0. The molecule has 1 unspecified atom stereocenters. The third kappa shape index (κ3) is 3.24. The average Bonchev–Trinajstić information content (AvgIpc) is 2.38. The Labute approximate surface area is 105 Å². The molecule has 0 radical (unpaired) electrons. The summed E-state index contributed by atoms with van der Waals surface area (Å²) in [6, 6.07) is 8.49. The van der Waals surface area contributed by atoms with Gasteiger partial charge in [0.15, 0.2) is 0 Å². The van der Waals surface area contributed by atoms with E-state index in [1.807, 2.05) is 0 Å². The summed E-state index contributed by atoms with van der Waals surface area (Å²) in [5, 5.41) is 0. The molecule has 0 nitrogen and oxygen atoms in total. The van der Waals surface area contributed by atoms with E-state index in [9.17, 15) is 0 Å². The van der Waals surface area contributed by atoms with Crippen molar-refractivity contribution in [2.75, 3.05) is 0 Å². The highest BCUT2D eigenvalue weighted by Crippen LogP contribution is 2.19. The van der Waals surface area contributed by atoms with Gasteiger partial charge in [-0.1, -0.05) is 56.0 Å². The number of hydrogen-bond acceptors (Lipinski definition) is 0. The lowest BCUT2D eigenvalue weighted by Crippen LogP contribution is -1.97. The minimum absolute atomic E-state index is 0.462. The van der Waals surface area contributed by atoms with Crippen molar-refractivity contribution in [1.82, 2.24) is 0 Å². The highest BCUT2D eigenvalue weighted by Gasteiger charge is 2.05. The molecule has 0 saturated carbocycles. The van der Waals surface area contributed by atoms with E-state index in [1.165, 1.54) is 30.4 Å². The Morgan fingerprint density at radius 3 is 2.76 bits per heavy atom. The predicted molar refractivity (Wildman–Crippen MR) is 73.9 cm³/mol. The molecule has 2 rings (SSSR count). The minimum Gasteiger partial charge on any atom is -0.0903 e. The van der Waals surface area contributed by atoms with Crippen LogP contribution in [0.3, 0.4) is 0 Å². The number of rotatable bonds is 1. The van der Waals surface area contributed by atoms with Crippen LogP contribution in [0.5, 0.6) is 0 Å². The highest BCUT2D eigenvalue weighted by atomic mass is 14.1. The smallest absolute Gasteiger partial charge is 0.0386 e. The van der Waals surface area contributed by atoms with E-state index in [4.69, 9.17) is 0 Å². The van der Waals surface area contributed by atoms with Gasteiger partial charge in [-0.2, -0.15) is 0 Å². The summed E-state index contributed by atoms with van der Waals surface area (Å²) in [6.07, 6.45) is 8.24. The molecule has 88 valence electrons. The maximum absolute atomic E-state index is 3.40. The van der Waals surface area contributed by atoms with Gasteiger partial charge >= 0.3 is 0 Å². The molecule has 0 saturated heterocycles. The number of allylic oxidation sites excluding steroid dienone is 2. The number of benzene rings is 1. The van der Waals surface area contributed by atoms with E-state index < -0.39 is 0 Å². The molecule has 0 spiro atoms. The van der Waals surface area contributed by atoms with Gasteiger partial charge in [-0.05, 0) is 36.8 Å². The fourth-order valence-electron chi connectivity index (χ4n) is 2.22. The first-order valence-electron chi connectivity index (χ1n) is 6.54. The molecule has 1 atom stereocenters. The summed E-state index contributed by atoms with van der Waals surface area (Å²) in [4.78, 5) is 0. The van der Waals surface area contributed by atoms with Crippen LogP contribution in [-0.2, 0) is 0 Å². The molecule has 0 bridgehead atoms. The zero-order chi connectivity index (χ0) is 12.1. The van der Waals surface area contributed by atoms with Crippen LogP contribution in [-0.4, -0.2) is 0 Å². The Bertz CT molecular complexity index is 454. The summed E-state index contributed by atoms with van der Waals surface area (Å²) in [5.74, 6) is 7.77. The van der Waals surface area contributed by atoms with Gasteiger partial charge in [0.1, 0.15) is 0 Å². The van der Waals surface area contributed by atoms with Crippen molar-refractivity contribution < 1.29 is 0 Å². The lowest BCUT2D eigenvalue weighted by atomic mass is 9.94. The summed E-state index contributed by atoms with van der Waals surface area (Å²) < 4.78 is 0. The topological polar surface area (TPSA) is 0 Å². The lowest BCUT2D eigenvalue weighted by Gasteiger charge is -2.10. The molecular weight excluding hydrogens is 204 g/mol. The summed E-state index contributed by atoms with van der Waals surface area (Å²) in [7, 11) is 0. The Morgan fingerprint density at radius 2 is 2.06 bits per heavy atom. The average molecular weight is 224 g/mol. The fraction of sp³-hybridized carbons (Fsp3) is 0.412. The Hall–Kier alpha value is -1.48. The summed E-state index contributed by atoms with van der Waals surface area (Å²) in [6.45, 7) is 4.45. The third-order valence-electron chi connectivity index (χ3n) is 3.23. The van der Waals surface area contributed by atoms with Crippen LogP contribution >= 0.6 is 0 Å². The quantitative estimate of drug-likeness (QED) is 0.486. The molecule has 0 aliphatic heterocycles. The van der Waals surface area contributed by atoms with E-state index in [1.54, 1.807) is 0 Å². The summed E-state index contributed by atoms with van der Waals surface area (Å²) >= 11 is 0. The molecule has 1 aromatic carbocycles. The Morgan fingerprint density at radius 1 is 1.24 bits per heavy atom. The predicted octanol–water partition coefficient (Wildman–Crippen LogP) is 4.52. The normalized spacial score (nSPS) is 18.9. The van der Waals surface area contributed by atoms with Gasteiger partial charge in [-0.15, -0.1) is 0 Å². The van der Waals surface area contributed by atoms with Crippen molar-refractivity contribution >= 4 is 0 Å². The van der Waals surface area contributed by atoms with Crippen LogP contribution < -0.4 is 0 Å². The molecule has 1 aliphatic carbocycles. The van der Waals surface area contributed by atoms with Gasteiger partial charge in [0.25, 0.3) is 0 Å². The van der Waals surface area contributed by atoms with Gasteiger partial charge in [-0.3, -0.25) is 0 Å². The Kier molecular flexibility index (Phi) is 4.04. The molecule has 0 fully saturated rings. The van der Waals surface area contributed by atoms with E-state index in [0.29, 0.717) is 11.8 Å². The monoisotopic (exact) mass is 224 g/mol. The van der Waals surface area contributed by atoms with Crippen LogP contribution in [0.15, 0.2) is 36.4 Å². The molecule has 1 aliphatic rings. The first-order valence-corrected chi connectivity index (χ1v) is 6.54. The third-order valence-corrected chi connectivity index (χ3v) is 3.23. The Balaban J connectivity index is 2.20. The molecule has 1 aromatic rings. The maximum Gasteiger partial charge on any atom is 0.0386 e. The SMILES string of the molecule is CC(C)c1ccccc1C#CC1C=CCCC1. The largest absolute Gasteiger partial charge is 0.0903 e. The molecule has 0 heterocycles. The molecule has 0 amide bonds. The summed E-state index contributed by atoms with van der Waals surface area (Å²) in [5.41, 5.74) is 2.56. The van der Waals surface area contributed by atoms with E-state index in [-0.39, 0.29) is 0 Å². The second-order valence-corrected chi connectivity index (χ2v) is 4.98. The van der Waals surface area contributed by atoms with Crippen LogP contribution in [0.2, 0.25) is 0 Å². The van der Waals surface area contributed by atoms with Crippen LogP contribution in [0.25, 0.3) is 0 Å². The van der Waals surface area contributed by atoms with Gasteiger partial charge in [0, 0.05) is 11.5 Å². The van der Waals surface area contributed by atoms with Crippen molar-refractivity contribution in [2.45, 2.75) is 39.0 Å². The van der Waals surface area contributed by atoms with Crippen molar-refractivity contribution in [1.29, 1.82) is 0 Å². The standard InChI is InChI=1S/C17H20/c1-14(2)17-11-7-6-10-16(17)13-12-15-8-4-3-5-9-15/h4,6-8,10-11,14-15H,3,5,9H2,1-2H3. The van der Waals surface area contributed by atoms with Gasteiger partial charge < -0.3 is 0 Å².